The maximum Gasteiger partial charge on any atom is 0.230 e. The zero-order valence-corrected chi connectivity index (χ0v) is 18.9. The van der Waals surface area contributed by atoms with Gasteiger partial charge in [-0.15, -0.1) is 0 Å². The summed E-state index contributed by atoms with van der Waals surface area (Å²) in [7, 11) is 3.18. The summed E-state index contributed by atoms with van der Waals surface area (Å²) in [6.45, 7) is 3.43. The third-order valence-electron chi connectivity index (χ3n) is 4.71. The molecule has 0 bridgehead atoms. The summed E-state index contributed by atoms with van der Waals surface area (Å²) in [5, 5.41) is 4.61. The second kappa shape index (κ2) is 10.1. The number of rotatable bonds is 8. The molecule has 0 aliphatic carbocycles. The number of benzene rings is 1. The van der Waals surface area contributed by atoms with Crippen molar-refractivity contribution in [3.8, 4) is 11.5 Å². The minimum Gasteiger partial charge on any atom is -0.493 e. The van der Waals surface area contributed by atoms with Gasteiger partial charge < -0.3 is 24.4 Å². The molecule has 1 aromatic carbocycles. The minimum absolute atomic E-state index is 0.0792. The fraction of sp³-hybridized carbons (Fsp3) is 0.400. The Kier molecular flexibility index (Phi) is 7.05. The lowest BCUT2D eigenvalue weighted by Crippen LogP contribution is -2.36. The smallest absolute Gasteiger partial charge is 0.230 e. The molecule has 0 saturated carbocycles. The summed E-state index contributed by atoms with van der Waals surface area (Å²) in [5.74, 6) is 1.46. The van der Waals surface area contributed by atoms with Crippen LogP contribution in [-0.2, 0) is 16.1 Å². The van der Waals surface area contributed by atoms with Gasteiger partial charge in [0.1, 0.15) is 16.1 Å². The second-order valence-electron chi connectivity index (χ2n) is 6.68. The van der Waals surface area contributed by atoms with Crippen LogP contribution in [0.15, 0.2) is 29.6 Å². The number of nitrogens with one attached hydrogen (secondary N) is 1. The van der Waals surface area contributed by atoms with Gasteiger partial charge in [0.15, 0.2) is 22.3 Å². The highest BCUT2D eigenvalue weighted by atomic mass is 32.2. The predicted octanol–water partition coefficient (Wildman–Crippen LogP) is 2.35. The van der Waals surface area contributed by atoms with Crippen LogP contribution in [0.1, 0.15) is 5.56 Å². The average Bonchev–Trinajstić information content (AvgIpc) is 3.27. The highest BCUT2D eigenvalue weighted by Crippen LogP contribution is 2.34. The van der Waals surface area contributed by atoms with E-state index in [1.54, 1.807) is 25.6 Å². The highest BCUT2D eigenvalue weighted by molar-refractivity contribution is 8.00. The number of aromatic nitrogens is 3. The van der Waals surface area contributed by atoms with E-state index in [1.807, 2.05) is 18.2 Å². The molecule has 31 heavy (non-hydrogen) atoms. The third-order valence-corrected chi connectivity index (χ3v) is 6.94. The van der Waals surface area contributed by atoms with Crippen molar-refractivity contribution in [3.05, 3.63) is 30.1 Å². The Morgan fingerprint density at radius 3 is 2.81 bits per heavy atom. The number of morpholine rings is 1. The minimum atomic E-state index is -0.0792. The Hall–Kier alpha value is -2.63. The average molecular weight is 462 g/mol. The molecule has 0 radical (unpaired) electrons. The van der Waals surface area contributed by atoms with E-state index in [0.29, 0.717) is 36.9 Å². The largest absolute Gasteiger partial charge is 0.493 e. The summed E-state index contributed by atoms with van der Waals surface area (Å²) in [6.07, 6.45) is 1.50. The van der Waals surface area contributed by atoms with Crippen LogP contribution in [0, 0.1) is 0 Å². The topological polar surface area (TPSA) is 98.7 Å². The van der Waals surface area contributed by atoms with Crippen molar-refractivity contribution < 1.29 is 19.0 Å². The first-order valence-corrected chi connectivity index (χ1v) is 11.5. The van der Waals surface area contributed by atoms with Gasteiger partial charge in [-0.3, -0.25) is 4.79 Å². The Balaban J connectivity index is 1.36. The predicted molar refractivity (Wildman–Crippen MR) is 120 cm³/mol. The number of fused-ring (bicyclic) bond motifs is 1. The number of anilines is 1. The molecular formula is C20H23N5O4S2. The summed E-state index contributed by atoms with van der Waals surface area (Å²) >= 11 is 2.94. The van der Waals surface area contributed by atoms with E-state index in [1.165, 1.54) is 18.1 Å². The molecule has 0 unspecified atom stereocenters. The second-order valence-corrected chi connectivity index (χ2v) is 8.62. The fourth-order valence-corrected chi connectivity index (χ4v) is 5.06. The van der Waals surface area contributed by atoms with E-state index in [4.69, 9.17) is 14.2 Å². The zero-order chi connectivity index (χ0) is 21.6. The maximum absolute atomic E-state index is 12.4. The lowest BCUT2D eigenvalue weighted by Gasteiger charge is -2.25. The quantitative estimate of drug-likeness (QED) is 0.400. The van der Waals surface area contributed by atoms with Gasteiger partial charge in [-0.1, -0.05) is 29.2 Å². The van der Waals surface area contributed by atoms with Gasteiger partial charge in [0.25, 0.3) is 0 Å². The number of carbonyl (C=O) groups excluding carboxylic acids is 1. The molecule has 9 nitrogen and oxygen atoms in total. The number of methoxy groups -OCH3 is 2. The van der Waals surface area contributed by atoms with Gasteiger partial charge in [-0.05, 0) is 17.7 Å². The van der Waals surface area contributed by atoms with Crippen molar-refractivity contribution in [2.45, 2.75) is 11.6 Å². The summed E-state index contributed by atoms with van der Waals surface area (Å²) in [5.41, 5.74) is 1.59. The van der Waals surface area contributed by atoms with Crippen LogP contribution in [0.2, 0.25) is 0 Å². The van der Waals surface area contributed by atoms with Gasteiger partial charge in [0.2, 0.25) is 5.91 Å². The van der Waals surface area contributed by atoms with Gasteiger partial charge in [0.05, 0.1) is 33.2 Å². The normalized spacial score (nSPS) is 13.9. The Bertz CT molecular complexity index is 1060. The first-order chi connectivity index (χ1) is 15.2. The van der Waals surface area contributed by atoms with E-state index < -0.39 is 0 Å². The molecule has 11 heteroatoms. The van der Waals surface area contributed by atoms with E-state index >= 15 is 0 Å². The van der Waals surface area contributed by atoms with Crippen LogP contribution in [0.4, 0.5) is 5.13 Å². The first-order valence-electron chi connectivity index (χ1n) is 9.72. The molecule has 1 fully saturated rings. The number of nitrogens with zero attached hydrogens (tertiary/aromatic N) is 4. The van der Waals surface area contributed by atoms with E-state index in [0.717, 1.165) is 33.5 Å². The van der Waals surface area contributed by atoms with Crippen LogP contribution in [0.25, 0.3) is 10.3 Å². The van der Waals surface area contributed by atoms with E-state index in [2.05, 4.69) is 25.2 Å². The molecule has 1 aliphatic rings. The van der Waals surface area contributed by atoms with Crippen molar-refractivity contribution in [2.24, 2.45) is 0 Å². The molecule has 1 saturated heterocycles. The van der Waals surface area contributed by atoms with Crippen molar-refractivity contribution in [2.75, 3.05) is 51.2 Å². The highest BCUT2D eigenvalue weighted by Gasteiger charge is 2.18. The third kappa shape index (κ3) is 5.17. The molecule has 1 N–H and O–H groups in total. The molecule has 0 spiro atoms. The summed E-state index contributed by atoms with van der Waals surface area (Å²) < 4.78 is 16.9. The van der Waals surface area contributed by atoms with Crippen LogP contribution in [-0.4, -0.2) is 67.1 Å². The van der Waals surface area contributed by atoms with Gasteiger partial charge in [0, 0.05) is 19.6 Å². The molecule has 1 amide bonds. The molecular weight excluding hydrogens is 438 g/mol. The standard InChI is InChI=1S/C20H23N5O4S2/c1-27-14-4-3-13(9-15(14)28-2)10-21-16(26)11-30-19-17-18(22-12-23-19)24-20(31-17)25-5-7-29-8-6-25/h3-4,9,12H,5-8,10-11H2,1-2H3,(H,21,26). The van der Waals surface area contributed by atoms with Crippen LogP contribution < -0.4 is 19.7 Å². The van der Waals surface area contributed by atoms with Gasteiger partial charge >= 0.3 is 0 Å². The van der Waals surface area contributed by atoms with Crippen LogP contribution in [0.3, 0.4) is 0 Å². The Labute approximate surface area is 188 Å². The molecule has 3 heterocycles. The number of thioether (sulfide) groups is 1. The number of hydrogen-bond acceptors (Lipinski definition) is 10. The van der Waals surface area contributed by atoms with Crippen molar-refractivity contribution in [3.63, 3.8) is 0 Å². The Morgan fingerprint density at radius 1 is 1.23 bits per heavy atom. The Morgan fingerprint density at radius 2 is 2.03 bits per heavy atom. The molecule has 1 aliphatic heterocycles. The summed E-state index contributed by atoms with van der Waals surface area (Å²) in [4.78, 5) is 27.9. The molecule has 164 valence electrons. The van der Waals surface area contributed by atoms with Gasteiger partial charge in [-0.2, -0.15) is 4.98 Å². The van der Waals surface area contributed by atoms with Crippen molar-refractivity contribution in [1.82, 2.24) is 20.3 Å². The maximum atomic E-state index is 12.4. The number of hydrogen-bond donors (Lipinski definition) is 1. The van der Waals surface area contributed by atoms with Crippen LogP contribution in [0.5, 0.6) is 11.5 Å². The lowest BCUT2D eigenvalue weighted by atomic mass is 10.2. The molecule has 4 rings (SSSR count). The van der Waals surface area contributed by atoms with E-state index in [-0.39, 0.29) is 11.7 Å². The summed E-state index contributed by atoms with van der Waals surface area (Å²) in [6, 6.07) is 5.57. The number of thiazole rings is 1. The van der Waals surface area contributed by atoms with Crippen LogP contribution >= 0.6 is 23.1 Å². The molecule has 0 atom stereocenters. The SMILES string of the molecule is COc1ccc(CNC(=O)CSc2ncnc3nc(N4CCOCC4)sc23)cc1OC. The monoisotopic (exact) mass is 461 g/mol. The number of ether oxygens (including phenoxy) is 3. The van der Waals surface area contributed by atoms with Gasteiger partial charge in [-0.25, -0.2) is 9.97 Å². The number of amides is 1. The first kappa shape index (κ1) is 21.6. The lowest BCUT2D eigenvalue weighted by molar-refractivity contribution is -0.118. The molecule has 2 aromatic heterocycles. The zero-order valence-electron chi connectivity index (χ0n) is 17.3. The molecule has 3 aromatic rings. The van der Waals surface area contributed by atoms with Crippen molar-refractivity contribution >= 4 is 44.5 Å². The van der Waals surface area contributed by atoms with E-state index in [9.17, 15) is 4.79 Å². The fourth-order valence-electron chi connectivity index (χ4n) is 3.09. The number of carbonyl (C=O) groups is 1. The van der Waals surface area contributed by atoms with Crippen molar-refractivity contribution in [1.29, 1.82) is 0 Å².